The average molecular weight is 440 g/mol. The Labute approximate surface area is 194 Å². The molecule has 0 bridgehead atoms. The molecule has 0 saturated carbocycles. The molecule has 32 heavy (non-hydrogen) atoms. The first-order valence-corrected chi connectivity index (χ1v) is 11.6. The van der Waals surface area contributed by atoms with E-state index < -0.39 is 6.10 Å². The van der Waals surface area contributed by atoms with Crippen LogP contribution in [-0.2, 0) is 11.2 Å². The van der Waals surface area contributed by atoms with Crippen LogP contribution < -0.4 is 10.6 Å². The van der Waals surface area contributed by atoms with E-state index in [4.69, 9.17) is 0 Å². The van der Waals surface area contributed by atoms with Crippen molar-refractivity contribution in [1.29, 1.82) is 0 Å². The van der Waals surface area contributed by atoms with E-state index in [0.717, 1.165) is 24.2 Å². The summed E-state index contributed by atoms with van der Waals surface area (Å²) >= 11 is 0. The number of hydrogen-bond donors (Lipinski definition) is 3. The molecule has 0 heterocycles. The molecule has 3 unspecified atom stereocenters. The molecular weight excluding hydrogens is 398 g/mol. The molecule has 176 valence electrons. The van der Waals surface area contributed by atoms with Gasteiger partial charge in [0, 0.05) is 19.6 Å². The number of rotatable bonds is 13. The lowest BCUT2D eigenvalue weighted by Crippen LogP contribution is -2.51. The minimum atomic E-state index is -0.692. The van der Waals surface area contributed by atoms with Gasteiger partial charge in [-0.2, -0.15) is 0 Å². The number of nitrogens with one attached hydrogen (secondary N) is 2. The first-order valence-electron chi connectivity index (χ1n) is 11.6. The van der Waals surface area contributed by atoms with Gasteiger partial charge in [-0.05, 0) is 43.5 Å². The van der Waals surface area contributed by atoms with Crippen molar-refractivity contribution in [3.63, 3.8) is 0 Å². The zero-order valence-electron chi connectivity index (χ0n) is 20.3. The van der Waals surface area contributed by atoms with E-state index in [-0.39, 0.29) is 23.3 Å². The Kier molecular flexibility index (Phi) is 10.4. The highest BCUT2D eigenvalue weighted by atomic mass is 16.3. The average Bonchev–Trinajstić information content (AvgIpc) is 2.74. The van der Waals surface area contributed by atoms with Gasteiger partial charge in [0.15, 0.2) is 0 Å². The second-order valence-electron chi connectivity index (χ2n) is 9.78. The molecule has 2 aromatic carbocycles. The monoisotopic (exact) mass is 439 g/mol. The minimum absolute atomic E-state index is 0.0355. The van der Waals surface area contributed by atoms with Crippen LogP contribution in [0.25, 0.3) is 0 Å². The number of hydrogen-bond acceptors (Lipinski definition) is 4. The maximum absolute atomic E-state index is 13.2. The van der Waals surface area contributed by atoms with Crippen LogP contribution >= 0.6 is 0 Å². The van der Waals surface area contributed by atoms with Crippen molar-refractivity contribution < 1.29 is 9.90 Å². The fraction of sp³-hybridized carbons (Fsp3) is 0.519. The van der Waals surface area contributed by atoms with E-state index >= 15 is 0 Å². The predicted molar refractivity (Wildman–Crippen MR) is 133 cm³/mol. The molecule has 1 amide bonds. The topological polar surface area (TPSA) is 64.6 Å². The zero-order chi connectivity index (χ0) is 23.6. The second kappa shape index (κ2) is 12.7. The first-order chi connectivity index (χ1) is 15.2. The Morgan fingerprint density at radius 3 is 2.19 bits per heavy atom. The third-order valence-electron chi connectivity index (χ3n) is 5.72. The van der Waals surface area contributed by atoms with Crippen LogP contribution in [-0.4, -0.2) is 61.8 Å². The quantitative estimate of drug-likeness (QED) is 0.447. The van der Waals surface area contributed by atoms with E-state index in [0.29, 0.717) is 19.4 Å². The molecule has 5 heteroatoms. The van der Waals surface area contributed by atoms with Crippen molar-refractivity contribution in [1.82, 2.24) is 15.5 Å². The fourth-order valence-electron chi connectivity index (χ4n) is 4.31. The number of carbonyl (C=O) groups is 1. The SMILES string of the molecule is CCC(C(=O)NC(Cc1ccccc1)C(O)CNCC(C)(C)CN(C)C)c1ccccc1. The zero-order valence-corrected chi connectivity index (χ0v) is 20.3. The first kappa shape index (κ1) is 26.0. The van der Waals surface area contributed by atoms with E-state index in [1.807, 2.05) is 67.6 Å². The highest BCUT2D eigenvalue weighted by Gasteiger charge is 2.27. The summed E-state index contributed by atoms with van der Waals surface area (Å²) in [5.41, 5.74) is 2.18. The Bertz CT molecular complexity index is 793. The molecule has 2 aromatic rings. The van der Waals surface area contributed by atoms with Crippen LogP contribution in [0.15, 0.2) is 60.7 Å². The summed E-state index contributed by atoms with van der Waals surface area (Å²) in [4.78, 5) is 15.4. The van der Waals surface area contributed by atoms with Crippen molar-refractivity contribution in [2.45, 2.75) is 51.7 Å². The van der Waals surface area contributed by atoms with Crippen LogP contribution in [0.4, 0.5) is 0 Å². The normalized spacial score (nSPS) is 14.7. The third-order valence-corrected chi connectivity index (χ3v) is 5.72. The van der Waals surface area contributed by atoms with E-state index in [2.05, 4.69) is 43.5 Å². The molecule has 0 aliphatic heterocycles. The van der Waals surface area contributed by atoms with Gasteiger partial charge >= 0.3 is 0 Å². The Hall–Kier alpha value is -2.21. The van der Waals surface area contributed by atoms with Gasteiger partial charge in [0.2, 0.25) is 5.91 Å². The van der Waals surface area contributed by atoms with Crippen LogP contribution in [0.5, 0.6) is 0 Å². The number of benzene rings is 2. The van der Waals surface area contributed by atoms with Crippen molar-refractivity contribution in [2.24, 2.45) is 5.41 Å². The summed E-state index contributed by atoms with van der Waals surface area (Å²) in [6, 6.07) is 19.5. The Morgan fingerprint density at radius 1 is 1.03 bits per heavy atom. The molecule has 0 aliphatic rings. The van der Waals surface area contributed by atoms with Gasteiger partial charge in [-0.25, -0.2) is 0 Å². The molecule has 0 aromatic heterocycles. The summed E-state index contributed by atoms with van der Waals surface area (Å²) in [6.07, 6.45) is 0.602. The van der Waals surface area contributed by atoms with Crippen LogP contribution in [0.1, 0.15) is 44.2 Å². The lowest BCUT2D eigenvalue weighted by molar-refractivity contribution is -0.124. The fourth-order valence-corrected chi connectivity index (χ4v) is 4.31. The summed E-state index contributed by atoms with van der Waals surface area (Å²) in [7, 11) is 4.14. The molecule has 0 aliphatic carbocycles. The van der Waals surface area contributed by atoms with Gasteiger partial charge in [-0.1, -0.05) is 81.4 Å². The van der Waals surface area contributed by atoms with Crippen molar-refractivity contribution in [3.8, 4) is 0 Å². The van der Waals surface area contributed by atoms with E-state index in [1.165, 1.54) is 0 Å². The number of carbonyl (C=O) groups excluding carboxylic acids is 1. The van der Waals surface area contributed by atoms with Gasteiger partial charge < -0.3 is 20.6 Å². The minimum Gasteiger partial charge on any atom is -0.390 e. The van der Waals surface area contributed by atoms with Crippen molar-refractivity contribution >= 4 is 5.91 Å². The maximum atomic E-state index is 13.2. The highest BCUT2D eigenvalue weighted by molar-refractivity contribution is 5.83. The van der Waals surface area contributed by atoms with Crippen molar-refractivity contribution in [2.75, 3.05) is 33.7 Å². The van der Waals surface area contributed by atoms with Crippen LogP contribution in [0.3, 0.4) is 0 Å². The van der Waals surface area contributed by atoms with Crippen molar-refractivity contribution in [3.05, 3.63) is 71.8 Å². The number of amides is 1. The molecular formula is C27H41N3O2. The summed E-state index contributed by atoms with van der Waals surface area (Å²) < 4.78 is 0. The van der Waals surface area contributed by atoms with Gasteiger partial charge in [0.25, 0.3) is 0 Å². The summed E-state index contributed by atoms with van der Waals surface area (Å²) in [6.45, 7) is 8.61. The maximum Gasteiger partial charge on any atom is 0.227 e. The third kappa shape index (κ3) is 8.73. The number of aliphatic hydroxyl groups excluding tert-OH is 1. The van der Waals surface area contributed by atoms with E-state index in [9.17, 15) is 9.90 Å². The number of nitrogens with zero attached hydrogens (tertiary/aromatic N) is 1. The lowest BCUT2D eigenvalue weighted by atomic mass is 9.92. The van der Waals surface area contributed by atoms with Gasteiger partial charge in [-0.3, -0.25) is 4.79 Å². The molecule has 0 spiro atoms. The summed E-state index contributed by atoms with van der Waals surface area (Å²) in [5.74, 6) is -0.264. The van der Waals surface area contributed by atoms with E-state index in [1.54, 1.807) is 0 Å². The standard InChI is InChI=1S/C27H41N3O2/c1-6-23(22-15-11-8-12-16-22)26(32)29-24(17-21-13-9-7-10-14-21)25(31)18-28-19-27(2,3)20-30(4)5/h7-16,23-25,28,31H,6,17-20H2,1-5H3,(H,29,32). The number of aliphatic hydroxyl groups is 1. The van der Waals surface area contributed by atoms with Gasteiger partial charge in [-0.15, -0.1) is 0 Å². The van der Waals surface area contributed by atoms with Crippen LogP contribution in [0, 0.1) is 5.41 Å². The van der Waals surface area contributed by atoms with Gasteiger partial charge in [0.1, 0.15) is 0 Å². The van der Waals surface area contributed by atoms with Gasteiger partial charge in [0.05, 0.1) is 18.1 Å². The second-order valence-corrected chi connectivity index (χ2v) is 9.78. The molecule has 3 N–H and O–H groups in total. The Balaban J connectivity index is 2.07. The Morgan fingerprint density at radius 2 is 1.62 bits per heavy atom. The predicted octanol–water partition coefficient (Wildman–Crippen LogP) is 3.45. The highest BCUT2D eigenvalue weighted by Crippen LogP contribution is 2.20. The van der Waals surface area contributed by atoms with Crippen LogP contribution in [0.2, 0.25) is 0 Å². The lowest BCUT2D eigenvalue weighted by Gasteiger charge is -2.31. The molecule has 3 atom stereocenters. The largest absolute Gasteiger partial charge is 0.390 e. The molecule has 0 radical (unpaired) electrons. The molecule has 2 rings (SSSR count). The summed E-state index contributed by atoms with van der Waals surface area (Å²) in [5, 5.41) is 17.6. The molecule has 0 saturated heterocycles. The smallest absolute Gasteiger partial charge is 0.227 e. The molecule has 0 fully saturated rings. The molecule has 5 nitrogen and oxygen atoms in total.